The van der Waals surface area contributed by atoms with Crippen LogP contribution in [0.2, 0.25) is 0 Å². The fourth-order valence-corrected chi connectivity index (χ4v) is 1.03. The molecule has 0 aromatic heterocycles. The van der Waals surface area contributed by atoms with Crippen LogP contribution in [0.4, 0.5) is 13.2 Å². The van der Waals surface area contributed by atoms with E-state index in [0.29, 0.717) is 0 Å². The number of hydrogen-bond donors (Lipinski definition) is 0. The molecule has 0 aliphatic heterocycles. The van der Waals surface area contributed by atoms with Crippen molar-refractivity contribution in [2.24, 2.45) is 0 Å². The van der Waals surface area contributed by atoms with Crippen LogP contribution in [-0.4, -0.2) is 12.3 Å². The number of carboxylic acids is 1. The summed E-state index contributed by atoms with van der Waals surface area (Å²) in [6.07, 6.45) is -5.45. The molecule has 0 bridgehead atoms. The maximum Gasteiger partial charge on any atom is 0.573 e. The smallest absolute Gasteiger partial charge is 0.550 e. The average Bonchev–Trinajstić information content (AvgIpc) is 2.05. The summed E-state index contributed by atoms with van der Waals surface area (Å²) in [5, 5.41) is 10.2. The molecule has 15 heavy (non-hydrogen) atoms. The van der Waals surface area contributed by atoms with Gasteiger partial charge in [-0.1, -0.05) is 18.2 Å². The number of carboxylic acid groups (broad SMARTS) is 1. The Morgan fingerprint density at radius 1 is 1.33 bits per heavy atom. The first kappa shape index (κ1) is 11.4. The quantitative estimate of drug-likeness (QED) is 0.758. The van der Waals surface area contributed by atoms with Crippen LogP contribution in [0.15, 0.2) is 24.3 Å². The van der Waals surface area contributed by atoms with Crippen molar-refractivity contribution in [3.05, 3.63) is 29.8 Å². The Balaban J connectivity index is 2.91. The molecule has 82 valence electrons. The summed E-state index contributed by atoms with van der Waals surface area (Å²) >= 11 is 0. The fraction of sp³-hybridized carbons (Fsp3) is 0.222. The van der Waals surface area contributed by atoms with Gasteiger partial charge in [0, 0.05) is 18.0 Å². The second kappa shape index (κ2) is 4.20. The first-order chi connectivity index (χ1) is 6.88. The molecule has 0 N–H and O–H groups in total. The van der Waals surface area contributed by atoms with E-state index in [-0.39, 0.29) is 5.56 Å². The number of carbonyl (C=O) groups excluding carboxylic acids is 1. The predicted octanol–water partition coefficient (Wildman–Crippen LogP) is 0.878. The van der Waals surface area contributed by atoms with Gasteiger partial charge in [0.2, 0.25) is 0 Å². The summed E-state index contributed by atoms with van der Waals surface area (Å²) in [5.41, 5.74) is -0.0742. The van der Waals surface area contributed by atoms with E-state index < -0.39 is 24.5 Å². The lowest BCUT2D eigenvalue weighted by Crippen LogP contribution is -2.25. The van der Waals surface area contributed by atoms with E-state index in [1.807, 2.05) is 0 Å². The summed E-state index contributed by atoms with van der Waals surface area (Å²) in [4.78, 5) is 10.2. The van der Waals surface area contributed by atoms with Crippen molar-refractivity contribution < 1.29 is 27.8 Å². The van der Waals surface area contributed by atoms with Gasteiger partial charge in [0.25, 0.3) is 0 Å². The van der Waals surface area contributed by atoms with E-state index in [4.69, 9.17) is 0 Å². The largest absolute Gasteiger partial charge is 0.573 e. The topological polar surface area (TPSA) is 49.4 Å². The van der Waals surface area contributed by atoms with Gasteiger partial charge in [-0.2, -0.15) is 0 Å². The zero-order valence-electron chi connectivity index (χ0n) is 7.38. The molecule has 0 atom stereocenters. The van der Waals surface area contributed by atoms with Gasteiger partial charge in [-0.3, -0.25) is 0 Å². The number of hydrogen-bond acceptors (Lipinski definition) is 3. The van der Waals surface area contributed by atoms with Crippen LogP contribution >= 0.6 is 0 Å². The Hall–Kier alpha value is -1.72. The summed E-state index contributed by atoms with van der Waals surface area (Å²) in [7, 11) is 0. The molecular formula is C9H6F3O3-. The average molecular weight is 219 g/mol. The monoisotopic (exact) mass is 219 g/mol. The number of aliphatic carboxylic acids is 1. The van der Waals surface area contributed by atoms with E-state index >= 15 is 0 Å². The number of rotatable bonds is 3. The van der Waals surface area contributed by atoms with Crippen LogP contribution in [0.5, 0.6) is 5.75 Å². The Morgan fingerprint density at radius 3 is 2.47 bits per heavy atom. The first-order valence-electron chi connectivity index (χ1n) is 3.92. The Morgan fingerprint density at radius 2 is 1.93 bits per heavy atom. The van der Waals surface area contributed by atoms with Crippen molar-refractivity contribution in [2.45, 2.75) is 12.8 Å². The highest BCUT2D eigenvalue weighted by Gasteiger charge is 2.31. The zero-order valence-corrected chi connectivity index (χ0v) is 7.38. The number of halogens is 3. The normalized spacial score (nSPS) is 11.1. The molecule has 0 saturated carbocycles. The van der Waals surface area contributed by atoms with Crippen LogP contribution < -0.4 is 9.84 Å². The molecular weight excluding hydrogens is 213 g/mol. The fourth-order valence-electron chi connectivity index (χ4n) is 1.03. The van der Waals surface area contributed by atoms with Gasteiger partial charge in [-0.05, 0) is 6.07 Å². The zero-order chi connectivity index (χ0) is 11.5. The van der Waals surface area contributed by atoms with Gasteiger partial charge in [0.05, 0.1) is 0 Å². The number of carbonyl (C=O) groups is 1. The van der Waals surface area contributed by atoms with Crippen LogP contribution in [0.1, 0.15) is 5.56 Å². The lowest BCUT2D eigenvalue weighted by atomic mass is 10.1. The molecule has 0 spiro atoms. The molecule has 0 heterocycles. The molecule has 3 nitrogen and oxygen atoms in total. The van der Waals surface area contributed by atoms with Crippen LogP contribution in [0, 0.1) is 0 Å². The molecule has 1 aromatic carbocycles. The highest BCUT2D eigenvalue weighted by atomic mass is 19.4. The highest BCUT2D eigenvalue weighted by Crippen LogP contribution is 2.26. The van der Waals surface area contributed by atoms with Crippen molar-refractivity contribution in [3.8, 4) is 5.75 Å². The van der Waals surface area contributed by atoms with Crippen molar-refractivity contribution in [1.82, 2.24) is 0 Å². The third-order valence-electron chi connectivity index (χ3n) is 1.53. The van der Waals surface area contributed by atoms with Crippen LogP contribution in [0.25, 0.3) is 0 Å². The second-order valence-corrected chi connectivity index (χ2v) is 2.70. The van der Waals surface area contributed by atoms with Gasteiger partial charge >= 0.3 is 6.36 Å². The lowest BCUT2D eigenvalue weighted by molar-refractivity contribution is -0.305. The number of benzene rings is 1. The lowest BCUT2D eigenvalue weighted by Gasteiger charge is -2.13. The number of ether oxygens (including phenoxy) is 1. The SMILES string of the molecule is O=C([O-])Cc1ccccc1OC(F)(F)F. The maximum atomic E-state index is 11.9. The molecule has 0 unspecified atom stereocenters. The predicted molar refractivity (Wildman–Crippen MR) is 41.8 cm³/mol. The minimum atomic E-state index is -4.83. The van der Waals surface area contributed by atoms with E-state index in [1.165, 1.54) is 18.2 Å². The van der Waals surface area contributed by atoms with Gasteiger partial charge < -0.3 is 14.6 Å². The third kappa shape index (κ3) is 3.88. The summed E-state index contributed by atoms with van der Waals surface area (Å²) < 4.78 is 39.3. The van der Waals surface area contributed by atoms with Crippen molar-refractivity contribution >= 4 is 5.97 Å². The van der Waals surface area contributed by atoms with Gasteiger partial charge in [0.1, 0.15) is 5.75 Å². The van der Waals surface area contributed by atoms with Crippen molar-refractivity contribution in [1.29, 1.82) is 0 Å². The molecule has 1 rings (SSSR count). The minimum absolute atomic E-state index is 0.0742. The van der Waals surface area contributed by atoms with Gasteiger partial charge in [0.15, 0.2) is 0 Å². The highest BCUT2D eigenvalue weighted by molar-refractivity contribution is 5.69. The second-order valence-electron chi connectivity index (χ2n) is 2.70. The van der Waals surface area contributed by atoms with Crippen LogP contribution in [0.3, 0.4) is 0 Å². The molecule has 0 aliphatic carbocycles. The molecule has 6 heteroatoms. The summed E-state index contributed by atoms with van der Waals surface area (Å²) in [6.45, 7) is 0. The molecule has 0 aliphatic rings. The molecule has 1 aromatic rings. The Labute approximate surface area is 83.1 Å². The molecule has 0 radical (unpaired) electrons. The van der Waals surface area contributed by atoms with E-state index in [2.05, 4.69) is 4.74 Å². The Kier molecular flexibility index (Phi) is 3.18. The van der Waals surface area contributed by atoms with E-state index in [9.17, 15) is 23.1 Å². The number of para-hydroxylation sites is 1. The van der Waals surface area contributed by atoms with Crippen molar-refractivity contribution in [2.75, 3.05) is 0 Å². The van der Waals surface area contributed by atoms with E-state index in [1.54, 1.807) is 0 Å². The Bertz CT molecular complexity index is 360. The molecule has 0 saturated heterocycles. The van der Waals surface area contributed by atoms with Crippen LogP contribution in [-0.2, 0) is 11.2 Å². The standard InChI is InChI=1S/C9H7F3O3/c10-9(11,12)15-7-4-2-1-3-6(7)5-8(13)14/h1-4H,5H2,(H,13,14)/p-1. The van der Waals surface area contributed by atoms with Crippen molar-refractivity contribution in [3.63, 3.8) is 0 Å². The number of alkyl halides is 3. The summed E-state index contributed by atoms with van der Waals surface area (Å²) in [5.74, 6) is -1.98. The molecule has 0 fully saturated rings. The van der Waals surface area contributed by atoms with Gasteiger partial charge in [-0.25, -0.2) is 0 Å². The minimum Gasteiger partial charge on any atom is -0.550 e. The molecule has 0 amide bonds. The van der Waals surface area contributed by atoms with Gasteiger partial charge in [-0.15, -0.1) is 13.2 Å². The summed E-state index contributed by atoms with van der Waals surface area (Å²) in [6, 6.07) is 5.02. The first-order valence-corrected chi connectivity index (χ1v) is 3.92. The third-order valence-corrected chi connectivity index (χ3v) is 1.53. The van der Waals surface area contributed by atoms with E-state index in [0.717, 1.165) is 6.07 Å². The maximum absolute atomic E-state index is 11.9.